The summed E-state index contributed by atoms with van der Waals surface area (Å²) in [4.78, 5) is 11.3. The predicted octanol–water partition coefficient (Wildman–Crippen LogP) is 2.75. The summed E-state index contributed by atoms with van der Waals surface area (Å²) in [7, 11) is 4.29. The normalized spacial score (nSPS) is 17.2. The van der Waals surface area contributed by atoms with Gasteiger partial charge in [-0.2, -0.15) is 4.98 Å². The van der Waals surface area contributed by atoms with Crippen molar-refractivity contribution in [2.24, 2.45) is 5.41 Å². The number of para-hydroxylation sites is 1. The van der Waals surface area contributed by atoms with Gasteiger partial charge in [-0.1, -0.05) is 25.0 Å². The van der Waals surface area contributed by atoms with Crippen LogP contribution in [0.4, 0.5) is 11.8 Å². The molecule has 0 bridgehead atoms. The van der Waals surface area contributed by atoms with E-state index in [9.17, 15) is 0 Å². The van der Waals surface area contributed by atoms with Crippen molar-refractivity contribution in [1.82, 2.24) is 14.9 Å². The third-order valence-corrected chi connectivity index (χ3v) is 4.57. The Morgan fingerprint density at radius 2 is 1.91 bits per heavy atom. The van der Waals surface area contributed by atoms with E-state index in [1.165, 1.54) is 25.7 Å². The smallest absolute Gasteiger partial charge is 0.225 e. The zero-order chi connectivity index (χ0) is 15.6. The lowest BCUT2D eigenvalue weighted by Gasteiger charge is -2.32. The topological polar surface area (TPSA) is 67.1 Å². The molecule has 0 spiro atoms. The second kappa shape index (κ2) is 6.08. The van der Waals surface area contributed by atoms with Gasteiger partial charge in [0.05, 0.1) is 5.52 Å². The largest absolute Gasteiger partial charge is 0.383 e. The maximum atomic E-state index is 6.06. The lowest BCUT2D eigenvalue weighted by atomic mass is 9.85. The SMILES string of the molecule is CN(C)CC1(CNc2nc(N)c3ccccc3n2)CCCC1. The number of aromatic nitrogens is 2. The van der Waals surface area contributed by atoms with Crippen molar-refractivity contribution >= 4 is 22.7 Å². The van der Waals surface area contributed by atoms with Gasteiger partial charge in [-0.05, 0) is 39.1 Å². The first-order valence-electron chi connectivity index (χ1n) is 7.99. The first-order valence-corrected chi connectivity index (χ1v) is 7.99. The van der Waals surface area contributed by atoms with E-state index >= 15 is 0 Å². The van der Waals surface area contributed by atoms with Gasteiger partial charge in [0.15, 0.2) is 0 Å². The number of benzene rings is 1. The molecule has 1 fully saturated rings. The zero-order valence-electron chi connectivity index (χ0n) is 13.5. The van der Waals surface area contributed by atoms with Crippen LogP contribution in [-0.2, 0) is 0 Å². The molecule has 22 heavy (non-hydrogen) atoms. The quantitative estimate of drug-likeness (QED) is 0.888. The molecule has 1 aliphatic carbocycles. The van der Waals surface area contributed by atoms with Crippen molar-refractivity contribution in [2.45, 2.75) is 25.7 Å². The van der Waals surface area contributed by atoms with E-state index in [4.69, 9.17) is 5.73 Å². The number of nitrogens with zero attached hydrogens (tertiary/aromatic N) is 3. The average Bonchev–Trinajstić information content (AvgIpc) is 2.93. The minimum absolute atomic E-state index is 0.327. The van der Waals surface area contributed by atoms with Gasteiger partial charge in [-0.25, -0.2) is 4.98 Å². The second-order valence-corrected chi connectivity index (χ2v) is 6.75. The minimum atomic E-state index is 0.327. The predicted molar refractivity (Wildman–Crippen MR) is 91.9 cm³/mol. The number of nitrogens with one attached hydrogen (secondary N) is 1. The Morgan fingerprint density at radius 1 is 1.18 bits per heavy atom. The Hall–Kier alpha value is -1.88. The summed E-state index contributed by atoms with van der Waals surface area (Å²) >= 11 is 0. The van der Waals surface area contributed by atoms with Gasteiger partial charge in [0, 0.05) is 23.9 Å². The fraction of sp³-hybridized carbons (Fsp3) is 0.529. The molecule has 1 saturated carbocycles. The minimum Gasteiger partial charge on any atom is -0.383 e. The van der Waals surface area contributed by atoms with Crippen LogP contribution >= 0.6 is 0 Å². The van der Waals surface area contributed by atoms with Crippen molar-refractivity contribution < 1.29 is 0 Å². The second-order valence-electron chi connectivity index (χ2n) is 6.75. The van der Waals surface area contributed by atoms with Crippen LogP contribution in [0, 0.1) is 5.41 Å². The molecule has 0 unspecified atom stereocenters. The van der Waals surface area contributed by atoms with Crippen LogP contribution in [0.2, 0.25) is 0 Å². The molecule has 1 aromatic carbocycles. The highest BCUT2D eigenvalue weighted by Gasteiger charge is 2.34. The van der Waals surface area contributed by atoms with Crippen LogP contribution in [0.5, 0.6) is 0 Å². The van der Waals surface area contributed by atoms with Crippen molar-refractivity contribution in [3.8, 4) is 0 Å². The fourth-order valence-corrected chi connectivity index (χ4v) is 3.63. The van der Waals surface area contributed by atoms with Crippen LogP contribution < -0.4 is 11.1 Å². The van der Waals surface area contributed by atoms with E-state index in [0.29, 0.717) is 17.2 Å². The van der Waals surface area contributed by atoms with Gasteiger partial charge in [0.25, 0.3) is 0 Å². The van der Waals surface area contributed by atoms with Gasteiger partial charge < -0.3 is 16.0 Å². The van der Waals surface area contributed by atoms with Crippen LogP contribution in [0.1, 0.15) is 25.7 Å². The number of hydrogen-bond donors (Lipinski definition) is 2. The summed E-state index contributed by atoms with van der Waals surface area (Å²) in [6.07, 6.45) is 5.16. The van der Waals surface area contributed by atoms with Crippen LogP contribution in [-0.4, -0.2) is 42.1 Å². The Labute approximate surface area is 131 Å². The summed E-state index contributed by atoms with van der Waals surface area (Å²) in [5.74, 6) is 1.18. The molecule has 2 aromatic rings. The van der Waals surface area contributed by atoms with Gasteiger partial charge in [0.2, 0.25) is 5.95 Å². The highest BCUT2D eigenvalue weighted by Crippen LogP contribution is 2.38. The van der Waals surface area contributed by atoms with Crippen LogP contribution in [0.3, 0.4) is 0 Å². The molecule has 1 aliphatic rings. The Morgan fingerprint density at radius 3 is 2.64 bits per heavy atom. The van der Waals surface area contributed by atoms with Gasteiger partial charge in [-0.3, -0.25) is 0 Å². The number of fused-ring (bicyclic) bond motifs is 1. The van der Waals surface area contributed by atoms with E-state index < -0.39 is 0 Å². The molecule has 3 rings (SSSR count). The highest BCUT2D eigenvalue weighted by molar-refractivity contribution is 5.88. The number of nitrogen functional groups attached to an aromatic ring is 1. The monoisotopic (exact) mass is 299 g/mol. The summed E-state index contributed by atoms with van der Waals surface area (Å²) < 4.78 is 0. The van der Waals surface area contributed by atoms with Crippen molar-refractivity contribution in [3.05, 3.63) is 24.3 Å². The van der Waals surface area contributed by atoms with E-state index in [0.717, 1.165) is 24.0 Å². The molecule has 1 heterocycles. The van der Waals surface area contributed by atoms with E-state index in [-0.39, 0.29) is 0 Å². The Balaban J connectivity index is 1.78. The Kier molecular flexibility index (Phi) is 4.16. The maximum absolute atomic E-state index is 6.06. The standard InChI is InChI=1S/C17H25N5/c1-22(2)12-17(9-5-6-10-17)11-19-16-20-14-8-4-3-7-13(14)15(18)21-16/h3-4,7-8H,5-6,9-12H2,1-2H3,(H3,18,19,20,21). The molecule has 3 N–H and O–H groups in total. The van der Waals surface area contributed by atoms with E-state index in [1.54, 1.807) is 0 Å². The molecule has 0 radical (unpaired) electrons. The zero-order valence-corrected chi connectivity index (χ0v) is 13.5. The van der Waals surface area contributed by atoms with E-state index in [2.05, 4.69) is 34.3 Å². The first-order chi connectivity index (χ1) is 10.6. The summed E-state index contributed by atoms with van der Waals surface area (Å²) in [5.41, 5.74) is 7.28. The molecular formula is C17H25N5. The third kappa shape index (κ3) is 3.14. The lowest BCUT2D eigenvalue weighted by Crippen LogP contribution is -2.37. The lowest BCUT2D eigenvalue weighted by molar-refractivity contribution is 0.215. The average molecular weight is 299 g/mol. The van der Waals surface area contributed by atoms with Gasteiger partial charge >= 0.3 is 0 Å². The number of hydrogen-bond acceptors (Lipinski definition) is 5. The van der Waals surface area contributed by atoms with Crippen molar-refractivity contribution in [1.29, 1.82) is 0 Å². The molecule has 5 nitrogen and oxygen atoms in total. The van der Waals surface area contributed by atoms with Crippen LogP contribution in [0.15, 0.2) is 24.3 Å². The number of rotatable bonds is 5. The molecule has 0 aliphatic heterocycles. The molecular weight excluding hydrogens is 274 g/mol. The summed E-state index contributed by atoms with van der Waals surface area (Å²) in [6, 6.07) is 7.87. The molecule has 0 atom stereocenters. The molecule has 0 saturated heterocycles. The van der Waals surface area contributed by atoms with Gasteiger partial charge in [0.1, 0.15) is 5.82 Å². The number of anilines is 2. The molecule has 5 heteroatoms. The molecule has 1 aromatic heterocycles. The van der Waals surface area contributed by atoms with Gasteiger partial charge in [-0.15, -0.1) is 0 Å². The van der Waals surface area contributed by atoms with Crippen molar-refractivity contribution in [2.75, 3.05) is 38.2 Å². The first kappa shape index (κ1) is 15.0. The highest BCUT2D eigenvalue weighted by atomic mass is 15.1. The maximum Gasteiger partial charge on any atom is 0.225 e. The molecule has 118 valence electrons. The molecule has 0 amide bonds. The summed E-state index contributed by atoms with van der Waals surface area (Å²) in [5, 5.41) is 4.35. The summed E-state index contributed by atoms with van der Waals surface area (Å²) in [6.45, 7) is 2.01. The third-order valence-electron chi connectivity index (χ3n) is 4.57. The Bertz CT molecular complexity index is 647. The van der Waals surface area contributed by atoms with Crippen LogP contribution in [0.25, 0.3) is 10.9 Å². The van der Waals surface area contributed by atoms with Crippen molar-refractivity contribution in [3.63, 3.8) is 0 Å². The van der Waals surface area contributed by atoms with E-state index in [1.807, 2.05) is 24.3 Å². The fourth-order valence-electron chi connectivity index (χ4n) is 3.63. The number of nitrogens with two attached hydrogens (primary N) is 1.